The molecule has 0 spiro atoms. The molecule has 0 aliphatic carbocycles. The summed E-state index contributed by atoms with van der Waals surface area (Å²) in [4.78, 5) is 0. The topological polar surface area (TPSA) is 57.2 Å². The Bertz CT molecular complexity index is 377. The molecule has 128 valence electrons. The molecular weight excluding hydrogens is 307 g/mol. The van der Waals surface area contributed by atoms with E-state index >= 15 is 0 Å². The van der Waals surface area contributed by atoms with Crippen LogP contribution in [0.1, 0.15) is 52.4 Å². The van der Waals surface area contributed by atoms with Gasteiger partial charge in [0.25, 0.3) is 0 Å². The van der Waals surface area contributed by atoms with Gasteiger partial charge in [-0.2, -0.15) is 13.2 Å². The van der Waals surface area contributed by atoms with Crippen molar-refractivity contribution in [2.75, 3.05) is 26.2 Å². The third-order valence-corrected chi connectivity index (χ3v) is 4.30. The summed E-state index contributed by atoms with van der Waals surface area (Å²) in [5.41, 5.74) is -5.65. The zero-order valence-electron chi connectivity index (χ0n) is 12.8. The second kappa shape index (κ2) is 8.95. The molecule has 21 heavy (non-hydrogen) atoms. The predicted molar refractivity (Wildman–Crippen MR) is 74.5 cm³/mol. The zero-order chi connectivity index (χ0) is 16.6. The quantitative estimate of drug-likeness (QED) is 0.324. The molecule has 0 bridgehead atoms. The highest BCUT2D eigenvalue weighted by atomic mass is 32.2. The summed E-state index contributed by atoms with van der Waals surface area (Å²) in [6, 6.07) is 0. The monoisotopic (exact) mass is 333 g/mol. The molecule has 1 aliphatic rings. The molecule has 0 aromatic rings. The first-order valence-corrected chi connectivity index (χ1v) is 8.86. The number of hydrogen-bond donors (Lipinski definition) is 0. The lowest BCUT2D eigenvalue weighted by Crippen LogP contribution is -2.46. The van der Waals surface area contributed by atoms with Crippen LogP contribution in [-0.4, -0.2) is 49.1 Å². The van der Waals surface area contributed by atoms with E-state index in [0.29, 0.717) is 0 Å². The highest BCUT2D eigenvalue weighted by molar-refractivity contribution is 7.86. The van der Waals surface area contributed by atoms with Gasteiger partial charge < -0.3 is 9.04 Å². The largest absolute Gasteiger partial charge is 0.741 e. The van der Waals surface area contributed by atoms with Crippen LogP contribution in [0.3, 0.4) is 0 Å². The maximum atomic E-state index is 10.7. The summed E-state index contributed by atoms with van der Waals surface area (Å²) in [5, 5.41) is 0. The van der Waals surface area contributed by atoms with Gasteiger partial charge in [-0.3, -0.25) is 0 Å². The van der Waals surface area contributed by atoms with Gasteiger partial charge in [0.15, 0.2) is 10.1 Å². The SMILES string of the molecule is CCCCC[N+]1(CCC)CCCC1.O=S(=O)([O-])C(F)(F)F. The van der Waals surface area contributed by atoms with Crippen LogP contribution < -0.4 is 0 Å². The number of quaternary nitrogens is 1. The molecule has 1 heterocycles. The van der Waals surface area contributed by atoms with Crippen molar-refractivity contribution in [3.05, 3.63) is 0 Å². The smallest absolute Gasteiger partial charge is 0.485 e. The molecule has 0 radical (unpaired) electrons. The summed E-state index contributed by atoms with van der Waals surface area (Å²) in [5.74, 6) is 0. The number of rotatable bonds is 6. The second-order valence-corrected chi connectivity index (χ2v) is 6.92. The van der Waals surface area contributed by atoms with Crippen LogP contribution in [0.4, 0.5) is 13.2 Å². The van der Waals surface area contributed by atoms with E-state index in [1.54, 1.807) is 0 Å². The molecule has 0 saturated carbocycles. The van der Waals surface area contributed by atoms with Crippen molar-refractivity contribution >= 4 is 10.1 Å². The Kier molecular flexibility index (Phi) is 8.80. The molecular formula is C13H26F3NO3S. The van der Waals surface area contributed by atoms with Crippen molar-refractivity contribution in [3.8, 4) is 0 Å². The normalized spacial score (nSPS) is 18.2. The van der Waals surface area contributed by atoms with Crippen LogP contribution in [-0.2, 0) is 10.1 Å². The molecule has 4 nitrogen and oxygen atoms in total. The van der Waals surface area contributed by atoms with E-state index < -0.39 is 15.6 Å². The van der Waals surface area contributed by atoms with Gasteiger partial charge in [-0.1, -0.05) is 20.3 Å². The average molecular weight is 333 g/mol. The molecule has 0 amide bonds. The molecule has 1 saturated heterocycles. The molecule has 0 aromatic heterocycles. The Morgan fingerprint density at radius 2 is 1.48 bits per heavy atom. The fourth-order valence-corrected chi connectivity index (χ4v) is 2.74. The van der Waals surface area contributed by atoms with Gasteiger partial charge in [0, 0.05) is 12.8 Å². The highest BCUT2D eigenvalue weighted by Crippen LogP contribution is 2.21. The Morgan fingerprint density at radius 3 is 1.81 bits per heavy atom. The van der Waals surface area contributed by atoms with Crippen molar-refractivity contribution < 1.29 is 30.6 Å². The average Bonchev–Trinajstić information content (AvgIpc) is 2.77. The first-order chi connectivity index (χ1) is 9.58. The van der Waals surface area contributed by atoms with Crippen molar-refractivity contribution in [1.82, 2.24) is 0 Å². The van der Waals surface area contributed by atoms with Crippen LogP contribution in [0.5, 0.6) is 0 Å². The first-order valence-electron chi connectivity index (χ1n) is 7.45. The molecule has 8 heteroatoms. The maximum absolute atomic E-state index is 10.7. The van der Waals surface area contributed by atoms with Crippen LogP contribution in [0, 0.1) is 0 Å². The van der Waals surface area contributed by atoms with Crippen molar-refractivity contribution in [1.29, 1.82) is 0 Å². The van der Waals surface area contributed by atoms with Crippen LogP contribution in [0.2, 0.25) is 0 Å². The van der Waals surface area contributed by atoms with E-state index in [2.05, 4.69) is 13.8 Å². The standard InChI is InChI=1S/C12H26N.CHF3O3S/c1-3-5-6-10-13(9-4-2)11-7-8-12-13;2-1(3,4)8(5,6)7/h3-12H2,1-2H3;(H,5,6,7)/q+1;/p-1. The summed E-state index contributed by atoms with van der Waals surface area (Å²) in [7, 11) is -6.09. The van der Waals surface area contributed by atoms with E-state index in [1.807, 2.05) is 0 Å². The number of halogens is 3. The van der Waals surface area contributed by atoms with Gasteiger partial charge in [0.2, 0.25) is 0 Å². The molecule has 0 atom stereocenters. The molecule has 0 unspecified atom stereocenters. The van der Waals surface area contributed by atoms with E-state index in [9.17, 15) is 13.2 Å². The number of likely N-dealkylation sites (tertiary alicyclic amines) is 1. The number of nitrogens with zero attached hydrogens (tertiary/aromatic N) is 1. The number of alkyl halides is 3. The lowest BCUT2D eigenvalue weighted by Gasteiger charge is -2.34. The maximum Gasteiger partial charge on any atom is 0.485 e. The van der Waals surface area contributed by atoms with Gasteiger partial charge in [-0.15, -0.1) is 0 Å². The minimum Gasteiger partial charge on any atom is -0.741 e. The lowest BCUT2D eigenvalue weighted by atomic mass is 10.2. The minimum atomic E-state index is -6.09. The number of hydrogen-bond acceptors (Lipinski definition) is 3. The minimum absolute atomic E-state index is 1.37. The Balaban J connectivity index is 0.000000433. The first kappa shape index (κ1) is 20.7. The van der Waals surface area contributed by atoms with Gasteiger partial charge in [-0.05, 0) is 19.3 Å². The number of unbranched alkanes of at least 4 members (excludes halogenated alkanes) is 2. The van der Waals surface area contributed by atoms with E-state index in [-0.39, 0.29) is 0 Å². The van der Waals surface area contributed by atoms with Crippen LogP contribution in [0.15, 0.2) is 0 Å². The van der Waals surface area contributed by atoms with Crippen molar-refractivity contribution in [2.24, 2.45) is 0 Å². The molecule has 0 N–H and O–H groups in total. The van der Waals surface area contributed by atoms with Crippen LogP contribution >= 0.6 is 0 Å². The van der Waals surface area contributed by atoms with Gasteiger partial charge >= 0.3 is 5.51 Å². The van der Waals surface area contributed by atoms with Crippen LogP contribution in [0.25, 0.3) is 0 Å². The van der Waals surface area contributed by atoms with Crippen molar-refractivity contribution in [3.63, 3.8) is 0 Å². The molecule has 0 aromatic carbocycles. The Hall–Kier alpha value is -0.340. The Labute approximate surface area is 125 Å². The van der Waals surface area contributed by atoms with Gasteiger partial charge in [0.05, 0.1) is 26.2 Å². The highest BCUT2D eigenvalue weighted by Gasteiger charge is 2.36. The summed E-state index contributed by atoms with van der Waals surface area (Å²) in [6.07, 6.45) is 8.58. The van der Waals surface area contributed by atoms with E-state index in [4.69, 9.17) is 13.0 Å². The summed E-state index contributed by atoms with van der Waals surface area (Å²) in [6.45, 7) is 10.5. The van der Waals surface area contributed by atoms with E-state index in [0.717, 1.165) is 0 Å². The molecule has 1 rings (SSSR count). The fraction of sp³-hybridized carbons (Fsp3) is 1.00. The van der Waals surface area contributed by atoms with Gasteiger partial charge in [0.1, 0.15) is 0 Å². The Morgan fingerprint density at radius 1 is 1.00 bits per heavy atom. The second-order valence-electron chi connectivity index (χ2n) is 5.55. The molecule has 1 fully saturated rings. The molecule has 1 aliphatic heterocycles. The third-order valence-electron chi connectivity index (χ3n) is 3.73. The third kappa shape index (κ3) is 8.01. The predicted octanol–water partition coefficient (Wildman–Crippen LogP) is 3.25. The van der Waals surface area contributed by atoms with Gasteiger partial charge in [-0.25, -0.2) is 8.42 Å². The fourth-order valence-electron chi connectivity index (χ4n) is 2.74. The lowest BCUT2D eigenvalue weighted by molar-refractivity contribution is -0.917. The summed E-state index contributed by atoms with van der Waals surface area (Å²) >= 11 is 0. The van der Waals surface area contributed by atoms with E-state index in [1.165, 1.54) is 69.2 Å². The van der Waals surface area contributed by atoms with Crippen molar-refractivity contribution in [2.45, 2.75) is 57.9 Å². The zero-order valence-corrected chi connectivity index (χ0v) is 13.6. The summed E-state index contributed by atoms with van der Waals surface area (Å²) < 4.78 is 60.4.